The molecular weight excluding hydrogens is 501 g/mol. The Kier molecular flexibility index (Phi) is 6.99. The van der Waals surface area contributed by atoms with Crippen LogP contribution in [0.3, 0.4) is 0 Å². The number of halogens is 3. The zero-order chi connectivity index (χ0) is 24.5. The van der Waals surface area contributed by atoms with E-state index in [9.17, 15) is 4.79 Å². The number of aromatic nitrogens is 2. The van der Waals surface area contributed by atoms with Crippen molar-refractivity contribution in [1.82, 2.24) is 14.5 Å². The number of aryl methyl sites for hydroxylation is 1. The van der Waals surface area contributed by atoms with Crippen molar-refractivity contribution in [2.75, 3.05) is 6.54 Å². The van der Waals surface area contributed by atoms with Crippen molar-refractivity contribution < 1.29 is 0 Å². The lowest BCUT2D eigenvalue weighted by molar-refractivity contribution is 0.240. The Morgan fingerprint density at radius 3 is 2.20 bits per heavy atom. The Morgan fingerprint density at radius 1 is 0.943 bits per heavy atom. The predicted octanol–water partition coefficient (Wildman–Crippen LogP) is 6.71. The summed E-state index contributed by atoms with van der Waals surface area (Å²) in [6.45, 7) is 3.72. The molecule has 1 aliphatic heterocycles. The van der Waals surface area contributed by atoms with Gasteiger partial charge in [-0.3, -0.25) is 14.3 Å². The summed E-state index contributed by atoms with van der Waals surface area (Å²) < 4.78 is 1.83. The lowest BCUT2D eigenvalue weighted by Gasteiger charge is -2.30. The minimum atomic E-state index is -0.265. The van der Waals surface area contributed by atoms with E-state index in [1.165, 1.54) is 0 Å². The molecule has 0 N–H and O–H groups in total. The lowest BCUT2D eigenvalue weighted by Crippen LogP contribution is -2.40. The van der Waals surface area contributed by atoms with Gasteiger partial charge in [-0.1, -0.05) is 95.5 Å². The second-order valence-electron chi connectivity index (χ2n) is 8.80. The average Bonchev–Trinajstić information content (AvgIpc) is 2.86. The smallest absolute Gasteiger partial charge is 0.259 e. The molecule has 3 aromatic carbocycles. The van der Waals surface area contributed by atoms with Crippen LogP contribution in [0, 0.1) is 6.92 Å². The van der Waals surface area contributed by atoms with E-state index in [1.807, 2.05) is 54.0 Å². The van der Waals surface area contributed by atoms with Crippen LogP contribution in [0.4, 0.5) is 0 Å². The van der Waals surface area contributed by atoms with Crippen molar-refractivity contribution in [2.45, 2.75) is 32.5 Å². The van der Waals surface area contributed by atoms with Gasteiger partial charge in [-0.05, 0) is 35.7 Å². The highest BCUT2D eigenvalue weighted by atomic mass is 35.5. The highest BCUT2D eigenvalue weighted by Crippen LogP contribution is 2.32. The summed E-state index contributed by atoms with van der Waals surface area (Å²) in [5.41, 5.74) is 4.51. The predicted molar refractivity (Wildman–Crippen MR) is 143 cm³/mol. The molecule has 7 heteroatoms. The molecule has 5 rings (SSSR count). The monoisotopic (exact) mass is 523 g/mol. The summed E-state index contributed by atoms with van der Waals surface area (Å²) in [4.78, 5) is 21.1. The quantitative estimate of drug-likeness (QED) is 0.272. The van der Waals surface area contributed by atoms with Crippen LogP contribution in [-0.2, 0) is 19.5 Å². The van der Waals surface area contributed by atoms with Crippen LogP contribution >= 0.6 is 34.8 Å². The van der Waals surface area contributed by atoms with E-state index < -0.39 is 0 Å². The van der Waals surface area contributed by atoms with E-state index >= 15 is 0 Å². The maximum atomic E-state index is 14.0. The zero-order valence-corrected chi connectivity index (χ0v) is 21.5. The van der Waals surface area contributed by atoms with Gasteiger partial charge in [0.25, 0.3) is 5.56 Å². The Balaban J connectivity index is 1.56. The van der Waals surface area contributed by atoms with Crippen LogP contribution in [0.15, 0.2) is 77.6 Å². The average molecular weight is 525 g/mol. The van der Waals surface area contributed by atoms with Gasteiger partial charge in [-0.25, -0.2) is 4.98 Å². The molecule has 2 heterocycles. The van der Waals surface area contributed by atoms with E-state index in [1.54, 1.807) is 6.07 Å². The highest BCUT2D eigenvalue weighted by molar-refractivity contribution is 6.43. The number of rotatable bonds is 5. The minimum absolute atomic E-state index is 0.00914. The molecule has 1 aliphatic rings. The summed E-state index contributed by atoms with van der Waals surface area (Å²) in [6, 6.07) is 23.4. The number of benzene rings is 3. The number of fused-ring (bicyclic) bond motifs is 1. The van der Waals surface area contributed by atoms with Gasteiger partial charge in [0.2, 0.25) is 0 Å². The van der Waals surface area contributed by atoms with Crippen LogP contribution in [0.25, 0.3) is 0 Å². The maximum Gasteiger partial charge on any atom is 0.259 e. The number of hydrogen-bond acceptors (Lipinski definition) is 3. The number of nitrogens with zero attached hydrogens (tertiary/aromatic N) is 3. The van der Waals surface area contributed by atoms with Crippen molar-refractivity contribution >= 4 is 34.8 Å². The second-order valence-corrected chi connectivity index (χ2v) is 10.0. The van der Waals surface area contributed by atoms with Gasteiger partial charge in [0.05, 0.1) is 27.3 Å². The molecule has 4 aromatic rings. The molecule has 0 unspecified atom stereocenters. The largest absolute Gasteiger partial charge is 0.294 e. The molecule has 4 nitrogen and oxygen atoms in total. The van der Waals surface area contributed by atoms with Gasteiger partial charge in [0, 0.05) is 31.1 Å². The molecule has 0 amide bonds. The van der Waals surface area contributed by atoms with Crippen LogP contribution in [0.1, 0.15) is 39.8 Å². The van der Waals surface area contributed by atoms with E-state index in [0.29, 0.717) is 40.4 Å². The summed E-state index contributed by atoms with van der Waals surface area (Å²) in [5.74, 6) is 0.713. The second kappa shape index (κ2) is 10.2. The summed E-state index contributed by atoms with van der Waals surface area (Å²) >= 11 is 18.9. The number of hydrogen-bond donors (Lipinski definition) is 0. The van der Waals surface area contributed by atoms with Crippen molar-refractivity contribution in [1.29, 1.82) is 0 Å². The van der Waals surface area contributed by atoms with Gasteiger partial charge in [-0.15, -0.1) is 0 Å². The van der Waals surface area contributed by atoms with Crippen LogP contribution in [-0.4, -0.2) is 21.0 Å². The maximum absolute atomic E-state index is 14.0. The Labute approximate surface area is 219 Å². The Hall–Kier alpha value is -2.63. The fourth-order valence-electron chi connectivity index (χ4n) is 4.83. The molecule has 0 fully saturated rings. The molecule has 0 spiro atoms. The summed E-state index contributed by atoms with van der Waals surface area (Å²) in [6.07, 6.45) is 0.694. The van der Waals surface area contributed by atoms with Crippen LogP contribution in [0.5, 0.6) is 0 Å². The molecule has 1 aromatic heterocycles. The zero-order valence-electron chi connectivity index (χ0n) is 19.2. The summed E-state index contributed by atoms with van der Waals surface area (Å²) in [7, 11) is 0. The van der Waals surface area contributed by atoms with E-state index in [0.717, 1.165) is 34.5 Å². The third kappa shape index (κ3) is 4.89. The lowest BCUT2D eigenvalue weighted by atomic mass is 9.97. The minimum Gasteiger partial charge on any atom is -0.294 e. The molecule has 35 heavy (non-hydrogen) atoms. The molecule has 178 valence electrons. The van der Waals surface area contributed by atoms with Gasteiger partial charge < -0.3 is 0 Å². The molecule has 0 bridgehead atoms. The molecule has 0 saturated carbocycles. The first kappa shape index (κ1) is 24.1. The first-order chi connectivity index (χ1) is 16.9. The van der Waals surface area contributed by atoms with Crippen molar-refractivity contribution in [2.24, 2.45) is 0 Å². The Morgan fingerprint density at radius 2 is 1.57 bits per heavy atom. The van der Waals surface area contributed by atoms with E-state index in [-0.39, 0.29) is 11.6 Å². The van der Waals surface area contributed by atoms with Crippen LogP contribution < -0.4 is 5.56 Å². The molecular formula is C28H24Cl3N3O. The molecule has 0 radical (unpaired) electrons. The SMILES string of the molecule is Cc1nc2c(c(=O)n1C(c1ccccc1)c1ccccc1)CN(Cc1cc(Cl)cc(Cl)c1Cl)CC2. The van der Waals surface area contributed by atoms with Gasteiger partial charge in [0.1, 0.15) is 5.82 Å². The first-order valence-corrected chi connectivity index (χ1v) is 12.6. The van der Waals surface area contributed by atoms with Gasteiger partial charge in [-0.2, -0.15) is 0 Å². The molecule has 0 atom stereocenters. The van der Waals surface area contributed by atoms with Crippen molar-refractivity contribution in [3.05, 3.63) is 132 Å². The first-order valence-electron chi connectivity index (χ1n) is 11.5. The summed E-state index contributed by atoms with van der Waals surface area (Å²) in [5, 5.41) is 1.47. The molecule has 0 aliphatic carbocycles. The van der Waals surface area contributed by atoms with E-state index in [2.05, 4.69) is 29.2 Å². The van der Waals surface area contributed by atoms with Crippen LogP contribution in [0.2, 0.25) is 15.1 Å². The van der Waals surface area contributed by atoms with Gasteiger partial charge >= 0.3 is 0 Å². The fourth-order valence-corrected chi connectivity index (χ4v) is 5.53. The van der Waals surface area contributed by atoms with Crippen molar-refractivity contribution in [3.8, 4) is 0 Å². The molecule has 0 saturated heterocycles. The normalized spacial score (nSPS) is 13.7. The standard InChI is InChI=1S/C28H24Cl3N3O/c1-18-32-25-12-13-33(16-21-14-22(29)15-24(30)26(21)31)17-23(25)28(35)34(18)27(19-8-4-2-5-9-19)20-10-6-3-7-11-20/h2-11,14-15,27H,12-13,16-17H2,1H3. The Bertz CT molecular complexity index is 1380. The van der Waals surface area contributed by atoms with Gasteiger partial charge in [0.15, 0.2) is 0 Å². The van der Waals surface area contributed by atoms with E-state index in [4.69, 9.17) is 39.8 Å². The van der Waals surface area contributed by atoms with Crippen molar-refractivity contribution in [3.63, 3.8) is 0 Å². The third-order valence-corrected chi connectivity index (χ3v) is 7.53. The third-order valence-electron chi connectivity index (χ3n) is 6.47. The highest BCUT2D eigenvalue weighted by Gasteiger charge is 2.27. The topological polar surface area (TPSA) is 38.1 Å². The fraction of sp³-hybridized carbons (Fsp3) is 0.214.